The molecular formula is C14H17ClN2O5. The Morgan fingerprint density at radius 2 is 2.14 bits per heavy atom. The second-order valence-corrected chi connectivity index (χ2v) is 5.41. The smallest absolute Gasteiger partial charge is 0.270 e. The number of piperidine rings is 1. The van der Waals surface area contributed by atoms with Gasteiger partial charge in [0.25, 0.3) is 11.6 Å². The van der Waals surface area contributed by atoms with E-state index < -0.39 is 4.92 Å². The lowest BCUT2D eigenvalue weighted by atomic mass is 10.1. The highest BCUT2D eigenvalue weighted by atomic mass is 35.5. The molecule has 0 aromatic heterocycles. The molecule has 0 aliphatic carbocycles. The maximum Gasteiger partial charge on any atom is 0.270 e. The Morgan fingerprint density at radius 3 is 2.68 bits per heavy atom. The Bertz CT molecular complexity index is 558. The number of ether oxygens (including phenoxy) is 1. The molecule has 1 heterocycles. The molecule has 120 valence electrons. The standard InChI is InChI=1S/C14H17ClN2O5/c15-13-9-10(17(20)21)1-2-12(13)14(19)16-5-3-11(4-6-16)22-8-7-18/h1-2,9,11,18H,3-8H2. The van der Waals surface area contributed by atoms with Gasteiger partial charge in [0.15, 0.2) is 0 Å². The summed E-state index contributed by atoms with van der Waals surface area (Å²) in [7, 11) is 0. The highest BCUT2D eigenvalue weighted by Gasteiger charge is 2.25. The van der Waals surface area contributed by atoms with E-state index >= 15 is 0 Å². The quantitative estimate of drug-likeness (QED) is 0.658. The number of amides is 1. The average molecular weight is 329 g/mol. The number of hydrogen-bond acceptors (Lipinski definition) is 5. The molecule has 1 fully saturated rings. The first kappa shape index (κ1) is 16.7. The summed E-state index contributed by atoms with van der Waals surface area (Å²) in [5, 5.41) is 19.5. The Labute approximate surface area is 132 Å². The number of likely N-dealkylation sites (tertiary alicyclic amines) is 1. The molecule has 0 atom stereocenters. The van der Waals surface area contributed by atoms with Gasteiger partial charge in [0.2, 0.25) is 0 Å². The minimum atomic E-state index is -0.551. The third-order valence-corrected chi connectivity index (χ3v) is 3.88. The van der Waals surface area contributed by atoms with Gasteiger partial charge < -0.3 is 14.7 Å². The fraction of sp³-hybridized carbons (Fsp3) is 0.500. The lowest BCUT2D eigenvalue weighted by Gasteiger charge is -2.32. The van der Waals surface area contributed by atoms with E-state index in [1.165, 1.54) is 18.2 Å². The van der Waals surface area contributed by atoms with Gasteiger partial charge in [-0.15, -0.1) is 0 Å². The summed E-state index contributed by atoms with van der Waals surface area (Å²) in [4.78, 5) is 24.2. The zero-order valence-electron chi connectivity index (χ0n) is 11.9. The Hall–Kier alpha value is -1.70. The van der Waals surface area contributed by atoms with Crippen LogP contribution in [0.25, 0.3) is 0 Å². The summed E-state index contributed by atoms with van der Waals surface area (Å²) in [6.45, 7) is 1.34. The van der Waals surface area contributed by atoms with Gasteiger partial charge in [-0.05, 0) is 18.9 Å². The van der Waals surface area contributed by atoms with Crippen molar-refractivity contribution in [2.45, 2.75) is 18.9 Å². The number of halogens is 1. The summed E-state index contributed by atoms with van der Waals surface area (Å²) in [5.74, 6) is -0.236. The Kier molecular flexibility index (Phi) is 5.70. The van der Waals surface area contributed by atoms with E-state index in [0.717, 1.165) is 0 Å². The summed E-state index contributed by atoms with van der Waals surface area (Å²) in [6, 6.07) is 3.85. The molecule has 7 nitrogen and oxygen atoms in total. The van der Waals surface area contributed by atoms with Crippen LogP contribution in [0.15, 0.2) is 18.2 Å². The maximum atomic E-state index is 12.4. The van der Waals surface area contributed by atoms with Gasteiger partial charge in [0, 0.05) is 25.2 Å². The second-order valence-electron chi connectivity index (χ2n) is 5.01. The van der Waals surface area contributed by atoms with Crippen molar-refractivity contribution in [3.8, 4) is 0 Å². The van der Waals surface area contributed by atoms with Crippen LogP contribution in [0.2, 0.25) is 5.02 Å². The van der Waals surface area contributed by atoms with Crippen LogP contribution >= 0.6 is 11.6 Å². The van der Waals surface area contributed by atoms with E-state index in [9.17, 15) is 14.9 Å². The molecule has 22 heavy (non-hydrogen) atoms. The highest BCUT2D eigenvalue weighted by Crippen LogP contribution is 2.25. The maximum absolute atomic E-state index is 12.4. The summed E-state index contributed by atoms with van der Waals surface area (Å²) >= 11 is 5.98. The number of nitro benzene ring substituents is 1. The van der Waals surface area contributed by atoms with E-state index in [-0.39, 0.29) is 34.9 Å². The number of aliphatic hydroxyl groups excluding tert-OH is 1. The number of hydrogen-bond donors (Lipinski definition) is 1. The van der Waals surface area contributed by atoms with Crippen molar-refractivity contribution in [1.29, 1.82) is 0 Å². The molecule has 1 aromatic carbocycles. The van der Waals surface area contributed by atoms with Crippen molar-refractivity contribution in [3.63, 3.8) is 0 Å². The van der Waals surface area contributed by atoms with E-state index in [1.807, 2.05) is 0 Å². The lowest BCUT2D eigenvalue weighted by Crippen LogP contribution is -2.41. The minimum absolute atomic E-state index is 0.0163. The molecule has 0 spiro atoms. The van der Waals surface area contributed by atoms with Gasteiger partial charge in [-0.25, -0.2) is 0 Å². The van der Waals surface area contributed by atoms with Gasteiger partial charge in [0.1, 0.15) is 0 Å². The fourth-order valence-electron chi connectivity index (χ4n) is 2.41. The first-order chi connectivity index (χ1) is 10.5. The zero-order chi connectivity index (χ0) is 16.1. The van der Waals surface area contributed by atoms with Gasteiger partial charge in [-0.3, -0.25) is 14.9 Å². The number of carbonyl (C=O) groups excluding carboxylic acids is 1. The zero-order valence-corrected chi connectivity index (χ0v) is 12.7. The largest absolute Gasteiger partial charge is 0.394 e. The lowest BCUT2D eigenvalue weighted by molar-refractivity contribution is -0.384. The van der Waals surface area contributed by atoms with Crippen molar-refractivity contribution in [3.05, 3.63) is 38.9 Å². The number of non-ortho nitro benzene ring substituents is 1. The van der Waals surface area contributed by atoms with Crippen molar-refractivity contribution in [1.82, 2.24) is 4.90 Å². The van der Waals surface area contributed by atoms with E-state index in [4.69, 9.17) is 21.4 Å². The van der Waals surface area contributed by atoms with Gasteiger partial charge >= 0.3 is 0 Å². The van der Waals surface area contributed by atoms with Crippen LogP contribution in [0.4, 0.5) is 5.69 Å². The number of benzene rings is 1. The molecule has 1 aromatic rings. The van der Waals surface area contributed by atoms with Crippen molar-refractivity contribution in [2.24, 2.45) is 0 Å². The van der Waals surface area contributed by atoms with Crippen LogP contribution in [0.1, 0.15) is 23.2 Å². The number of nitro groups is 1. The number of nitrogens with zero attached hydrogens (tertiary/aromatic N) is 2. The van der Waals surface area contributed by atoms with E-state index in [2.05, 4.69) is 0 Å². The fourth-order valence-corrected chi connectivity index (χ4v) is 2.66. The van der Waals surface area contributed by atoms with Crippen LogP contribution in [-0.4, -0.2) is 53.2 Å². The molecular weight excluding hydrogens is 312 g/mol. The van der Waals surface area contributed by atoms with Gasteiger partial charge in [-0.2, -0.15) is 0 Å². The summed E-state index contributed by atoms with van der Waals surface area (Å²) in [6.07, 6.45) is 1.43. The highest BCUT2D eigenvalue weighted by molar-refractivity contribution is 6.34. The Morgan fingerprint density at radius 1 is 1.45 bits per heavy atom. The van der Waals surface area contributed by atoms with Gasteiger partial charge in [-0.1, -0.05) is 11.6 Å². The van der Waals surface area contributed by atoms with Crippen molar-refractivity contribution >= 4 is 23.2 Å². The molecule has 8 heteroatoms. The van der Waals surface area contributed by atoms with Crippen molar-refractivity contribution in [2.75, 3.05) is 26.3 Å². The number of carbonyl (C=O) groups is 1. The normalized spacial score (nSPS) is 15.8. The number of aliphatic hydroxyl groups is 1. The molecule has 0 radical (unpaired) electrons. The second kappa shape index (κ2) is 7.53. The SMILES string of the molecule is O=C(c1ccc([N+](=O)[O-])cc1Cl)N1CCC(OCCO)CC1. The molecule has 1 amide bonds. The predicted molar refractivity (Wildman–Crippen MR) is 80.1 cm³/mol. The molecule has 0 unspecified atom stereocenters. The van der Waals surface area contributed by atoms with E-state index in [0.29, 0.717) is 32.5 Å². The van der Waals surface area contributed by atoms with Crippen LogP contribution in [0, 0.1) is 10.1 Å². The molecule has 1 aliphatic rings. The molecule has 2 rings (SSSR count). The molecule has 0 bridgehead atoms. The third kappa shape index (κ3) is 3.94. The minimum Gasteiger partial charge on any atom is -0.394 e. The van der Waals surface area contributed by atoms with Crippen molar-refractivity contribution < 1.29 is 19.6 Å². The Balaban J connectivity index is 1.99. The molecule has 1 N–H and O–H groups in total. The third-order valence-electron chi connectivity index (χ3n) is 3.57. The first-order valence-corrected chi connectivity index (χ1v) is 7.36. The topological polar surface area (TPSA) is 92.9 Å². The van der Waals surface area contributed by atoms with E-state index in [1.54, 1.807) is 4.90 Å². The first-order valence-electron chi connectivity index (χ1n) is 6.98. The molecule has 1 saturated heterocycles. The molecule has 1 aliphatic heterocycles. The summed E-state index contributed by atoms with van der Waals surface area (Å²) in [5.41, 5.74) is 0.125. The van der Waals surface area contributed by atoms with Crippen LogP contribution in [0.3, 0.4) is 0 Å². The van der Waals surface area contributed by atoms with Gasteiger partial charge in [0.05, 0.1) is 34.8 Å². The van der Waals surface area contributed by atoms with Crippen LogP contribution in [-0.2, 0) is 4.74 Å². The predicted octanol–water partition coefficient (Wildman–Crippen LogP) is 1.86. The average Bonchev–Trinajstić information content (AvgIpc) is 2.52. The monoisotopic (exact) mass is 328 g/mol. The number of rotatable bonds is 5. The van der Waals surface area contributed by atoms with Crippen LogP contribution < -0.4 is 0 Å². The molecule has 0 saturated carbocycles. The van der Waals surface area contributed by atoms with Crippen LogP contribution in [0.5, 0.6) is 0 Å². The summed E-state index contributed by atoms with van der Waals surface area (Å²) < 4.78 is 5.44.